The first-order chi connectivity index (χ1) is 7.77. The summed E-state index contributed by atoms with van der Waals surface area (Å²) in [6.45, 7) is 0. The first-order valence-electron chi connectivity index (χ1n) is 4.68. The second-order valence-corrected chi connectivity index (χ2v) is 3.99. The highest BCUT2D eigenvalue weighted by molar-refractivity contribution is 7.14. The maximum absolute atomic E-state index is 5.85. The van der Waals surface area contributed by atoms with Crippen molar-refractivity contribution in [2.45, 2.75) is 0 Å². The molecule has 0 aliphatic heterocycles. The maximum atomic E-state index is 5.85. The number of para-hydroxylation sites is 1. The van der Waals surface area contributed by atoms with Gasteiger partial charge in [-0.05, 0) is 12.1 Å². The normalized spacial score (nSPS) is 10.1. The highest BCUT2D eigenvalue weighted by atomic mass is 32.1. The predicted octanol–water partition coefficient (Wildman–Crippen LogP) is 2.41. The van der Waals surface area contributed by atoms with E-state index in [4.69, 9.17) is 15.2 Å². The van der Waals surface area contributed by atoms with Crippen LogP contribution in [0.2, 0.25) is 0 Å². The Kier molecular flexibility index (Phi) is 2.96. The molecule has 0 spiro atoms. The fraction of sp³-hybridized carbons (Fsp3) is 0.182. The molecule has 0 fully saturated rings. The molecule has 0 saturated heterocycles. The van der Waals surface area contributed by atoms with Gasteiger partial charge in [0.25, 0.3) is 0 Å². The van der Waals surface area contributed by atoms with E-state index in [1.165, 1.54) is 11.3 Å². The third-order valence-corrected chi connectivity index (χ3v) is 2.91. The molecule has 4 nitrogen and oxygen atoms in total. The highest BCUT2D eigenvalue weighted by Crippen LogP contribution is 2.40. The predicted molar refractivity (Wildman–Crippen MR) is 65.1 cm³/mol. The zero-order valence-corrected chi connectivity index (χ0v) is 9.88. The van der Waals surface area contributed by atoms with Gasteiger partial charge in [-0.15, -0.1) is 11.3 Å². The SMILES string of the molecule is COc1cccc(-c2ncsc2N)c1OC. The van der Waals surface area contributed by atoms with Crippen LogP contribution >= 0.6 is 11.3 Å². The maximum Gasteiger partial charge on any atom is 0.170 e. The van der Waals surface area contributed by atoms with Crippen LogP contribution in [0.1, 0.15) is 0 Å². The number of hydrogen-bond donors (Lipinski definition) is 1. The lowest BCUT2D eigenvalue weighted by Gasteiger charge is -2.11. The van der Waals surface area contributed by atoms with Crippen molar-refractivity contribution in [1.29, 1.82) is 0 Å². The van der Waals surface area contributed by atoms with Gasteiger partial charge in [-0.25, -0.2) is 4.98 Å². The van der Waals surface area contributed by atoms with E-state index < -0.39 is 0 Å². The topological polar surface area (TPSA) is 57.4 Å². The summed E-state index contributed by atoms with van der Waals surface area (Å²) in [6.07, 6.45) is 0. The average molecular weight is 236 g/mol. The average Bonchev–Trinajstić information content (AvgIpc) is 2.74. The molecule has 0 bridgehead atoms. The molecule has 0 amide bonds. The fourth-order valence-electron chi connectivity index (χ4n) is 1.53. The van der Waals surface area contributed by atoms with Gasteiger partial charge in [0.2, 0.25) is 0 Å². The van der Waals surface area contributed by atoms with E-state index in [1.54, 1.807) is 19.7 Å². The summed E-state index contributed by atoms with van der Waals surface area (Å²) in [4.78, 5) is 4.23. The van der Waals surface area contributed by atoms with Crippen molar-refractivity contribution < 1.29 is 9.47 Å². The van der Waals surface area contributed by atoms with E-state index in [9.17, 15) is 0 Å². The van der Waals surface area contributed by atoms with E-state index in [0.29, 0.717) is 16.5 Å². The molecule has 1 aromatic carbocycles. The molecule has 2 rings (SSSR count). The molecule has 5 heteroatoms. The van der Waals surface area contributed by atoms with Crippen LogP contribution in [0.15, 0.2) is 23.7 Å². The second kappa shape index (κ2) is 4.40. The van der Waals surface area contributed by atoms with Crippen molar-refractivity contribution in [2.75, 3.05) is 20.0 Å². The van der Waals surface area contributed by atoms with Gasteiger partial charge < -0.3 is 15.2 Å². The Morgan fingerprint density at radius 1 is 1.25 bits per heavy atom. The molecule has 1 aromatic heterocycles. The van der Waals surface area contributed by atoms with Crippen molar-refractivity contribution in [3.05, 3.63) is 23.7 Å². The van der Waals surface area contributed by atoms with Crippen LogP contribution in [0.5, 0.6) is 11.5 Å². The Bertz CT molecular complexity index is 496. The Balaban J connectivity index is 2.61. The fourth-order valence-corrected chi connectivity index (χ4v) is 2.08. The number of anilines is 1. The Morgan fingerprint density at radius 3 is 2.62 bits per heavy atom. The first-order valence-corrected chi connectivity index (χ1v) is 5.56. The Hall–Kier alpha value is -1.75. The zero-order valence-electron chi connectivity index (χ0n) is 9.06. The lowest BCUT2D eigenvalue weighted by Crippen LogP contribution is -1.94. The molecular weight excluding hydrogens is 224 g/mol. The molecular formula is C11H12N2O2S. The number of nitrogen functional groups attached to an aromatic ring is 1. The monoisotopic (exact) mass is 236 g/mol. The highest BCUT2D eigenvalue weighted by Gasteiger charge is 2.15. The molecule has 16 heavy (non-hydrogen) atoms. The molecule has 0 aliphatic carbocycles. The number of ether oxygens (including phenoxy) is 2. The van der Waals surface area contributed by atoms with Gasteiger partial charge in [-0.1, -0.05) is 6.07 Å². The number of methoxy groups -OCH3 is 2. The van der Waals surface area contributed by atoms with Crippen molar-refractivity contribution in [3.63, 3.8) is 0 Å². The molecule has 1 heterocycles. The van der Waals surface area contributed by atoms with Crippen molar-refractivity contribution in [1.82, 2.24) is 4.98 Å². The van der Waals surface area contributed by atoms with Crippen LogP contribution in [-0.2, 0) is 0 Å². The molecule has 2 aromatic rings. The van der Waals surface area contributed by atoms with Gasteiger partial charge >= 0.3 is 0 Å². The molecule has 2 N–H and O–H groups in total. The van der Waals surface area contributed by atoms with Crippen molar-refractivity contribution in [3.8, 4) is 22.8 Å². The molecule has 0 atom stereocenters. The number of hydrogen-bond acceptors (Lipinski definition) is 5. The van der Waals surface area contributed by atoms with Crippen molar-refractivity contribution >= 4 is 16.3 Å². The van der Waals surface area contributed by atoms with Crippen LogP contribution in [-0.4, -0.2) is 19.2 Å². The van der Waals surface area contributed by atoms with Gasteiger partial charge in [0.15, 0.2) is 11.5 Å². The second-order valence-electron chi connectivity index (χ2n) is 3.11. The van der Waals surface area contributed by atoms with E-state index >= 15 is 0 Å². The third-order valence-electron chi connectivity index (χ3n) is 2.25. The quantitative estimate of drug-likeness (QED) is 0.889. The minimum atomic E-state index is 0.655. The number of aromatic nitrogens is 1. The number of nitrogens with two attached hydrogens (primary N) is 1. The summed E-state index contributed by atoms with van der Waals surface area (Å²) in [6, 6.07) is 5.63. The minimum absolute atomic E-state index is 0.655. The summed E-state index contributed by atoms with van der Waals surface area (Å²) < 4.78 is 10.6. The van der Waals surface area contributed by atoms with Crippen LogP contribution in [0, 0.1) is 0 Å². The van der Waals surface area contributed by atoms with Gasteiger partial charge in [-0.2, -0.15) is 0 Å². The Morgan fingerprint density at radius 2 is 2.06 bits per heavy atom. The first kappa shape index (κ1) is 10.8. The van der Waals surface area contributed by atoms with Gasteiger partial charge in [0, 0.05) is 5.56 Å². The van der Waals surface area contributed by atoms with Gasteiger partial charge in [0.05, 0.1) is 19.7 Å². The standard InChI is InChI=1S/C11H12N2O2S/c1-14-8-5-3-4-7(10(8)15-2)9-11(12)16-6-13-9/h3-6H,12H2,1-2H3. The summed E-state index contributed by atoms with van der Waals surface area (Å²) in [5, 5.41) is 0.673. The molecule has 84 valence electrons. The summed E-state index contributed by atoms with van der Waals surface area (Å²) >= 11 is 1.40. The molecule has 0 aliphatic rings. The molecule has 0 radical (unpaired) electrons. The van der Waals surface area contributed by atoms with Crippen molar-refractivity contribution in [2.24, 2.45) is 0 Å². The van der Waals surface area contributed by atoms with Crippen LogP contribution in [0.3, 0.4) is 0 Å². The van der Waals surface area contributed by atoms with E-state index in [0.717, 1.165) is 11.3 Å². The lowest BCUT2D eigenvalue weighted by molar-refractivity contribution is 0.356. The van der Waals surface area contributed by atoms with Crippen LogP contribution in [0.4, 0.5) is 5.00 Å². The third kappa shape index (κ3) is 1.69. The smallest absolute Gasteiger partial charge is 0.170 e. The lowest BCUT2D eigenvalue weighted by atomic mass is 10.1. The van der Waals surface area contributed by atoms with Gasteiger partial charge in [-0.3, -0.25) is 0 Å². The minimum Gasteiger partial charge on any atom is -0.493 e. The number of benzene rings is 1. The Labute approximate surface area is 97.6 Å². The summed E-state index contributed by atoms with van der Waals surface area (Å²) in [5.41, 5.74) is 9.14. The van der Waals surface area contributed by atoms with E-state index in [-0.39, 0.29) is 0 Å². The zero-order chi connectivity index (χ0) is 11.5. The largest absolute Gasteiger partial charge is 0.493 e. The molecule has 0 saturated carbocycles. The van der Waals surface area contributed by atoms with E-state index in [2.05, 4.69) is 4.98 Å². The summed E-state index contributed by atoms with van der Waals surface area (Å²) in [7, 11) is 3.20. The van der Waals surface area contributed by atoms with Crippen LogP contribution in [0.25, 0.3) is 11.3 Å². The number of nitrogens with zero attached hydrogens (tertiary/aromatic N) is 1. The number of rotatable bonds is 3. The summed E-state index contributed by atoms with van der Waals surface area (Å²) in [5.74, 6) is 1.33. The van der Waals surface area contributed by atoms with Gasteiger partial charge in [0.1, 0.15) is 10.7 Å². The number of thiazole rings is 1. The molecule has 0 unspecified atom stereocenters. The van der Waals surface area contributed by atoms with Crippen LogP contribution < -0.4 is 15.2 Å². The van der Waals surface area contributed by atoms with E-state index in [1.807, 2.05) is 18.2 Å².